The van der Waals surface area contributed by atoms with Gasteiger partial charge < -0.3 is 10.5 Å². The van der Waals surface area contributed by atoms with Crippen LogP contribution in [0.1, 0.15) is 20.8 Å². The minimum Gasteiger partial charge on any atom is -0.490 e. The van der Waals surface area contributed by atoms with Crippen LogP contribution >= 0.6 is 0 Å². The van der Waals surface area contributed by atoms with E-state index in [0.717, 1.165) is 0 Å². The smallest absolute Gasteiger partial charge is 0.270 e. The average Bonchev–Trinajstić information content (AvgIpc) is 2.12. The maximum atomic E-state index is 11.6. The number of nitrogens with two attached hydrogens (primary N) is 1. The normalized spacial score (nSPS) is 11.5. The highest BCUT2D eigenvalue weighted by Gasteiger charge is 2.15. The van der Waals surface area contributed by atoms with E-state index in [1.807, 2.05) is 20.8 Å². The molecule has 5 nitrogen and oxygen atoms in total. The summed E-state index contributed by atoms with van der Waals surface area (Å²) in [6.45, 7) is 6.56. The molecule has 84 valence electrons. The summed E-state index contributed by atoms with van der Waals surface area (Å²) >= 11 is 0. The van der Waals surface area contributed by atoms with E-state index in [9.17, 15) is 4.79 Å². The van der Waals surface area contributed by atoms with Gasteiger partial charge in [-0.1, -0.05) is 0 Å². The molecule has 0 bridgehead atoms. The van der Waals surface area contributed by atoms with Crippen molar-refractivity contribution in [3.05, 3.63) is 22.6 Å². The first-order valence-electron chi connectivity index (χ1n) is 4.88. The van der Waals surface area contributed by atoms with Crippen LogP contribution in [-0.2, 0) is 5.54 Å². The Labute approximate surface area is 88.9 Å². The monoisotopic (exact) mass is 211 g/mol. The Morgan fingerprint density at radius 3 is 2.67 bits per heavy atom. The van der Waals surface area contributed by atoms with E-state index in [1.54, 1.807) is 0 Å². The molecule has 0 radical (unpaired) electrons. The van der Waals surface area contributed by atoms with Crippen molar-refractivity contribution in [3.63, 3.8) is 0 Å². The molecule has 0 saturated heterocycles. The van der Waals surface area contributed by atoms with E-state index in [4.69, 9.17) is 10.5 Å². The molecule has 0 aliphatic rings. The molecule has 0 aromatic carbocycles. The summed E-state index contributed by atoms with van der Waals surface area (Å²) in [6.07, 6.45) is 1.53. The summed E-state index contributed by atoms with van der Waals surface area (Å²) < 4.78 is 6.62. The van der Waals surface area contributed by atoms with Gasteiger partial charge in [0.25, 0.3) is 5.56 Å². The van der Waals surface area contributed by atoms with Gasteiger partial charge in [-0.25, -0.2) is 4.68 Å². The molecule has 1 aromatic heterocycles. The summed E-state index contributed by atoms with van der Waals surface area (Å²) in [4.78, 5) is 11.6. The van der Waals surface area contributed by atoms with Gasteiger partial charge >= 0.3 is 0 Å². The Bertz CT molecular complexity index is 379. The Hall–Kier alpha value is -1.36. The molecule has 0 fully saturated rings. The minimum atomic E-state index is -0.316. The third kappa shape index (κ3) is 3.06. The van der Waals surface area contributed by atoms with Gasteiger partial charge in [0.2, 0.25) is 0 Å². The Kier molecular flexibility index (Phi) is 3.47. The summed E-state index contributed by atoms with van der Waals surface area (Å²) in [5, 5.41) is 4.04. The lowest BCUT2D eigenvalue weighted by Crippen LogP contribution is -2.35. The highest BCUT2D eigenvalue weighted by molar-refractivity contribution is 5.14. The zero-order valence-electron chi connectivity index (χ0n) is 9.36. The van der Waals surface area contributed by atoms with E-state index in [-0.39, 0.29) is 11.1 Å². The van der Waals surface area contributed by atoms with Gasteiger partial charge in [-0.3, -0.25) is 4.79 Å². The number of hydrogen-bond acceptors (Lipinski definition) is 4. The molecule has 0 amide bonds. The van der Waals surface area contributed by atoms with Gasteiger partial charge in [-0.2, -0.15) is 5.10 Å². The first-order valence-corrected chi connectivity index (χ1v) is 4.88. The van der Waals surface area contributed by atoms with Crippen molar-refractivity contribution in [2.24, 2.45) is 5.73 Å². The van der Waals surface area contributed by atoms with Gasteiger partial charge in [0.15, 0.2) is 0 Å². The fourth-order valence-electron chi connectivity index (χ4n) is 1.15. The standard InChI is InChI=1S/C10H17N3O2/c1-10(2,3)13-9(14)6-8(7-12-13)15-5-4-11/h6-7H,4-5,11H2,1-3H3. The molecule has 0 atom stereocenters. The van der Waals surface area contributed by atoms with Gasteiger partial charge in [0.1, 0.15) is 12.4 Å². The maximum Gasteiger partial charge on any atom is 0.270 e. The molecule has 0 saturated carbocycles. The molecule has 0 aliphatic heterocycles. The Morgan fingerprint density at radius 1 is 1.53 bits per heavy atom. The lowest BCUT2D eigenvalue weighted by molar-refractivity contribution is 0.307. The van der Waals surface area contributed by atoms with Crippen LogP contribution in [0.25, 0.3) is 0 Å². The number of nitrogens with zero attached hydrogens (tertiary/aromatic N) is 2. The van der Waals surface area contributed by atoms with Crippen LogP contribution in [0.3, 0.4) is 0 Å². The highest BCUT2D eigenvalue weighted by Crippen LogP contribution is 2.10. The third-order valence-corrected chi connectivity index (χ3v) is 1.80. The van der Waals surface area contributed by atoms with Crippen molar-refractivity contribution in [1.29, 1.82) is 0 Å². The molecule has 1 rings (SSSR count). The van der Waals surface area contributed by atoms with Crippen LogP contribution in [-0.4, -0.2) is 22.9 Å². The van der Waals surface area contributed by atoms with E-state index < -0.39 is 0 Å². The molecule has 0 unspecified atom stereocenters. The number of hydrogen-bond donors (Lipinski definition) is 1. The molecule has 15 heavy (non-hydrogen) atoms. The van der Waals surface area contributed by atoms with Crippen molar-refractivity contribution in [2.75, 3.05) is 13.2 Å². The van der Waals surface area contributed by atoms with Gasteiger partial charge in [0.05, 0.1) is 11.7 Å². The van der Waals surface area contributed by atoms with Crippen LogP contribution in [0.4, 0.5) is 0 Å². The van der Waals surface area contributed by atoms with Crippen LogP contribution in [0, 0.1) is 0 Å². The Morgan fingerprint density at radius 2 is 2.20 bits per heavy atom. The van der Waals surface area contributed by atoms with E-state index in [0.29, 0.717) is 18.9 Å². The van der Waals surface area contributed by atoms with Crippen LogP contribution in [0.15, 0.2) is 17.1 Å². The van der Waals surface area contributed by atoms with Crippen LogP contribution in [0.2, 0.25) is 0 Å². The van der Waals surface area contributed by atoms with Gasteiger partial charge in [-0.05, 0) is 20.8 Å². The summed E-state index contributed by atoms with van der Waals surface area (Å²) in [7, 11) is 0. The predicted molar refractivity (Wildman–Crippen MR) is 58.0 cm³/mol. The van der Waals surface area contributed by atoms with Crippen molar-refractivity contribution in [3.8, 4) is 5.75 Å². The van der Waals surface area contributed by atoms with Gasteiger partial charge in [0, 0.05) is 12.6 Å². The van der Waals surface area contributed by atoms with Crippen molar-refractivity contribution in [1.82, 2.24) is 9.78 Å². The molecular formula is C10H17N3O2. The van der Waals surface area contributed by atoms with E-state index in [2.05, 4.69) is 5.10 Å². The maximum absolute atomic E-state index is 11.6. The topological polar surface area (TPSA) is 70.1 Å². The average molecular weight is 211 g/mol. The van der Waals surface area contributed by atoms with Crippen molar-refractivity contribution in [2.45, 2.75) is 26.3 Å². The minimum absolute atomic E-state index is 0.169. The van der Waals surface area contributed by atoms with Crippen LogP contribution in [0.5, 0.6) is 5.75 Å². The van der Waals surface area contributed by atoms with E-state index >= 15 is 0 Å². The summed E-state index contributed by atoms with van der Waals surface area (Å²) in [6, 6.07) is 1.42. The van der Waals surface area contributed by atoms with E-state index in [1.165, 1.54) is 16.9 Å². The number of ether oxygens (including phenoxy) is 1. The fourth-order valence-corrected chi connectivity index (χ4v) is 1.15. The molecule has 1 heterocycles. The third-order valence-electron chi connectivity index (χ3n) is 1.80. The molecular weight excluding hydrogens is 194 g/mol. The second-order valence-corrected chi connectivity index (χ2v) is 4.25. The fraction of sp³-hybridized carbons (Fsp3) is 0.600. The molecule has 5 heteroatoms. The lowest BCUT2D eigenvalue weighted by Gasteiger charge is -2.20. The highest BCUT2D eigenvalue weighted by atomic mass is 16.5. The summed E-state index contributed by atoms with van der Waals surface area (Å²) in [5.41, 5.74) is 4.80. The number of aromatic nitrogens is 2. The van der Waals surface area contributed by atoms with Crippen molar-refractivity contribution < 1.29 is 4.74 Å². The molecule has 0 aliphatic carbocycles. The SMILES string of the molecule is CC(C)(C)n1ncc(OCCN)cc1=O. The zero-order chi connectivity index (χ0) is 11.5. The predicted octanol–water partition coefficient (Wildman–Crippen LogP) is 0.336. The van der Waals surface area contributed by atoms with Gasteiger partial charge in [-0.15, -0.1) is 0 Å². The number of rotatable bonds is 3. The Balaban J connectivity index is 2.94. The lowest BCUT2D eigenvalue weighted by atomic mass is 10.1. The summed E-state index contributed by atoms with van der Waals surface area (Å²) in [5.74, 6) is 0.464. The molecule has 1 aromatic rings. The second kappa shape index (κ2) is 4.44. The van der Waals surface area contributed by atoms with Crippen molar-refractivity contribution >= 4 is 0 Å². The largest absolute Gasteiger partial charge is 0.490 e. The molecule has 0 spiro atoms. The second-order valence-electron chi connectivity index (χ2n) is 4.25. The first-order chi connectivity index (χ1) is 6.95. The van der Waals surface area contributed by atoms with Crippen LogP contribution < -0.4 is 16.0 Å². The molecule has 2 N–H and O–H groups in total. The zero-order valence-corrected chi connectivity index (χ0v) is 9.36. The first kappa shape index (κ1) is 11.7. The quantitative estimate of drug-likeness (QED) is 0.782.